The molecule has 3 rings (SSSR count). The highest BCUT2D eigenvalue weighted by atomic mass is 79.9. The van der Waals surface area contributed by atoms with E-state index in [-0.39, 0.29) is 11.7 Å². The zero-order valence-corrected chi connectivity index (χ0v) is 12.8. The molecule has 2 aliphatic rings. The first kappa shape index (κ1) is 13.9. The predicted molar refractivity (Wildman–Crippen MR) is 78.5 cm³/mol. The summed E-state index contributed by atoms with van der Waals surface area (Å²) in [6, 6.07) is 5.21. The fourth-order valence-corrected chi connectivity index (χ4v) is 4.16. The van der Waals surface area contributed by atoms with Gasteiger partial charge in [-0.25, -0.2) is 0 Å². The molecule has 2 atom stereocenters. The molecule has 0 aromatic heterocycles. The van der Waals surface area contributed by atoms with Crippen molar-refractivity contribution in [1.29, 1.82) is 0 Å². The van der Waals surface area contributed by atoms with Gasteiger partial charge in [-0.3, -0.25) is 9.69 Å². The Bertz CT molecular complexity index is 548. The highest BCUT2D eigenvalue weighted by molar-refractivity contribution is 9.10. The van der Waals surface area contributed by atoms with Crippen molar-refractivity contribution in [1.82, 2.24) is 4.90 Å². The molecule has 1 aliphatic carbocycles. The van der Waals surface area contributed by atoms with Crippen LogP contribution >= 0.6 is 15.9 Å². The van der Waals surface area contributed by atoms with Crippen LogP contribution in [-0.2, 0) is 11.3 Å². The molecule has 20 heavy (non-hydrogen) atoms. The number of phenolic OH excluding ortho intramolecular Hbond substituents is 1. The molecule has 1 saturated heterocycles. The number of hydrogen-bond donors (Lipinski definition) is 2. The number of carboxylic acid groups (broad SMARTS) is 1. The van der Waals surface area contributed by atoms with Crippen LogP contribution in [0.1, 0.15) is 24.8 Å². The van der Waals surface area contributed by atoms with Crippen LogP contribution in [0.25, 0.3) is 0 Å². The van der Waals surface area contributed by atoms with E-state index in [4.69, 9.17) is 0 Å². The molecule has 4 nitrogen and oxygen atoms in total. The maximum absolute atomic E-state index is 11.6. The fourth-order valence-electron chi connectivity index (χ4n) is 3.79. The lowest BCUT2D eigenvalue weighted by atomic mass is 9.81. The van der Waals surface area contributed by atoms with Gasteiger partial charge in [0.05, 0.1) is 5.41 Å². The van der Waals surface area contributed by atoms with Crippen LogP contribution < -0.4 is 0 Å². The molecule has 0 amide bonds. The first-order valence-corrected chi connectivity index (χ1v) is 7.74. The summed E-state index contributed by atoms with van der Waals surface area (Å²) < 4.78 is 0.955. The minimum absolute atomic E-state index is 0.246. The summed E-state index contributed by atoms with van der Waals surface area (Å²) in [5.74, 6) is -0.121. The van der Waals surface area contributed by atoms with Crippen LogP contribution in [0.5, 0.6) is 5.75 Å². The van der Waals surface area contributed by atoms with E-state index in [0.717, 1.165) is 35.8 Å². The SMILES string of the molecule is O=C(O)[C@@]12CCC[C@H]1CN(Cc1cc(O)ccc1Br)C2. The lowest BCUT2D eigenvalue weighted by Crippen LogP contribution is -2.35. The normalized spacial score (nSPS) is 29.6. The van der Waals surface area contributed by atoms with Crippen LogP contribution in [0.15, 0.2) is 22.7 Å². The summed E-state index contributed by atoms with van der Waals surface area (Å²) in [5.41, 5.74) is 0.467. The van der Waals surface area contributed by atoms with Crippen molar-refractivity contribution in [3.63, 3.8) is 0 Å². The molecule has 1 aromatic carbocycles. The Kier molecular flexibility index (Phi) is 3.50. The minimum Gasteiger partial charge on any atom is -0.508 e. The summed E-state index contributed by atoms with van der Waals surface area (Å²) in [7, 11) is 0. The number of carboxylic acids is 1. The third kappa shape index (κ3) is 2.23. The van der Waals surface area contributed by atoms with E-state index in [1.54, 1.807) is 12.1 Å². The van der Waals surface area contributed by atoms with Gasteiger partial charge < -0.3 is 10.2 Å². The highest BCUT2D eigenvalue weighted by Crippen LogP contribution is 2.49. The molecule has 1 saturated carbocycles. The fraction of sp³-hybridized carbons (Fsp3) is 0.533. The number of halogens is 1. The van der Waals surface area contributed by atoms with E-state index < -0.39 is 11.4 Å². The van der Waals surface area contributed by atoms with E-state index in [2.05, 4.69) is 20.8 Å². The summed E-state index contributed by atoms with van der Waals surface area (Å²) in [5, 5.41) is 19.2. The predicted octanol–water partition coefficient (Wildman–Crippen LogP) is 2.84. The Balaban J connectivity index is 1.78. The molecule has 1 aliphatic heterocycles. The van der Waals surface area contributed by atoms with Crippen molar-refractivity contribution in [2.24, 2.45) is 11.3 Å². The van der Waals surface area contributed by atoms with Gasteiger partial charge in [-0.2, -0.15) is 0 Å². The lowest BCUT2D eigenvalue weighted by molar-refractivity contribution is -0.149. The third-order valence-electron chi connectivity index (χ3n) is 4.79. The van der Waals surface area contributed by atoms with E-state index in [1.165, 1.54) is 0 Å². The second-order valence-corrected chi connectivity index (χ2v) is 6.85. The van der Waals surface area contributed by atoms with E-state index in [1.807, 2.05) is 6.07 Å². The summed E-state index contributed by atoms with van der Waals surface area (Å²) in [6.07, 6.45) is 2.84. The topological polar surface area (TPSA) is 60.8 Å². The zero-order valence-electron chi connectivity index (χ0n) is 11.2. The molecule has 1 heterocycles. The van der Waals surface area contributed by atoms with Gasteiger partial charge in [-0.05, 0) is 42.5 Å². The molecule has 0 spiro atoms. The molecule has 1 aromatic rings. The number of carbonyl (C=O) groups is 1. The van der Waals surface area contributed by atoms with Crippen molar-refractivity contribution in [3.8, 4) is 5.75 Å². The van der Waals surface area contributed by atoms with Gasteiger partial charge in [0, 0.05) is 24.1 Å². The Hall–Kier alpha value is -1.07. The molecule has 2 N–H and O–H groups in total. The monoisotopic (exact) mass is 339 g/mol. The van der Waals surface area contributed by atoms with Crippen molar-refractivity contribution in [2.75, 3.05) is 13.1 Å². The van der Waals surface area contributed by atoms with Crippen LogP contribution in [0.4, 0.5) is 0 Å². The lowest BCUT2D eigenvalue weighted by Gasteiger charge is -2.23. The van der Waals surface area contributed by atoms with Gasteiger partial charge >= 0.3 is 5.97 Å². The van der Waals surface area contributed by atoms with Gasteiger partial charge in [0.15, 0.2) is 0 Å². The maximum Gasteiger partial charge on any atom is 0.311 e. The Morgan fingerprint density at radius 1 is 1.50 bits per heavy atom. The van der Waals surface area contributed by atoms with Crippen molar-refractivity contribution >= 4 is 21.9 Å². The molecule has 0 radical (unpaired) electrons. The van der Waals surface area contributed by atoms with Crippen LogP contribution in [0.3, 0.4) is 0 Å². The van der Waals surface area contributed by atoms with Gasteiger partial charge in [-0.1, -0.05) is 22.4 Å². The number of rotatable bonds is 3. The molecule has 5 heteroatoms. The maximum atomic E-state index is 11.6. The molecular weight excluding hydrogens is 322 g/mol. The van der Waals surface area contributed by atoms with Gasteiger partial charge in [0.1, 0.15) is 5.75 Å². The minimum atomic E-state index is -0.641. The first-order chi connectivity index (χ1) is 9.51. The Morgan fingerprint density at radius 3 is 3.00 bits per heavy atom. The number of phenols is 1. The number of benzene rings is 1. The number of aromatic hydroxyl groups is 1. The highest BCUT2D eigenvalue weighted by Gasteiger charge is 2.54. The van der Waals surface area contributed by atoms with Crippen molar-refractivity contribution in [3.05, 3.63) is 28.2 Å². The first-order valence-electron chi connectivity index (χ1n) is 6.94. The standard InChI is InChI=1S/C15H18BrNO3/c16-13-4-3-12(18)6-10(13)7-17-8-11-2-1-5-15(11,9-17)14(19)20/h3-4,6,11,18H,1-2,5,7-9H2,(H,19,20)/t11-,15+/m0/s1. The molecular formula is C15H18BrNO3. The number of aliphatic carboxylic acids is 1. The Labute approximate surface area is 126 Å². The second kappa shape index (κ2) is 5.04. The third-order valence-corrected chi connectivity index (χ3v) is 5.56. The molecule has 0 unspecified atom stereocenters. The summed E-state index contributed by atoms with van der Waals surface area (Å²) >= 11 is 3.49. The van der Waals surface area contributed by atoms with Gasteiger partial charge in [-0.15, -0.1) is 0 Å². The number of likely N-dealkylation sites (tertiary alicyclic amines) is 1. The smallest absolute Gasteiger partial charge is 0.311 e. The molecule has 0 bridgehead atoms. The number of fused-ring (bicyclic) bond motifs is 1. The van der Waals surface area contributed by atoms with Crippen LogP contribution in [0.2, 0.25) is 0 Å². The van der Waals surface area contributed by atoms with E-state index in [9.17, 15) is 15.0 Å². The molecule has 108 valence electrons. The quantitative estimate of drug-likeness (QED) is 0.888. The average Bonchev–Trinajstić information content (AvgIpc) is 2.91. The second-order valence-electron chi connectivity index (χ2n) is 6.00. The largest absolute Gasteiger partial charge is 0.508 e. The number of hydrogen-bond acceptors (Lipinski definition) is 3. The van der Waals surface area contributed by atoms with Gasteiger partial charge in [0.25, 0.3) is 0 Å². The van der Waals surface area contributed by atoms with Crippen molar-refractivity contribution in [2.45, 2.75) is 25.8 Å². The van der Waals surface area contributed by atoms with Gasteiger partial charge in [0.2, 0.25) is 0 Å². The Morgan fingerprint density at radius 2 is 2.30 bits per heavy atom. The van der Waals surface area contributed by atoms with Crippen LogP contribution in [-0.4, -0.2) is 34.2 Å². The van der Waals surface area contributed by atoms with E-state index >= 15 is 0 Å². The summed E-state index contributed by atoms with van der Waals surface area (Å²) in [4.78, 5) is 13.9. The van der Waals surface area contributed by atoms with E-state index in [0.29, 0.717) is 13.1 Å². The number of nitrogens with zero attached hydrogens (tertiary/aromatic N) is 1. The average molecular weight is 340 g/mol. The summed E-state index contributed by atoms with van der Waals surface area (Å²) in [6.45, 7) is 2.14. The van der Waals surface area contributed by atoms with Crippen LogP contribution in [0, 0.1) is 11.3 Å². The van der Waals surface area contributed by atoms with Crippen molar-refractivity contribution < 1.29 is 15.0 Å². The zero-order chi connectivity index (χ0) is 14.3. The molecule has 2 fully saturated rings.